The first-order valence-corrected chi connectivity index (χ1v) is 10.6. The topological polar surface area (TPSA) is 71.7 Å². The Hall–Kier alpha value is -3.11. The molecule has 1 fully saturated rings. The summed E-state index contributed by atoms with van der Waals surface area (Å²) in [4.78, 5) is 23.0. The zero-order valence-electron chi connectivity index (χ0n) is 16.4. The standard InChI is InChI=1S/C22H23N5OS/c1-15-20-18(12-19(29-20)21(28)24-2)25-22(26-10-6-3-7-11-26)27(15)14-17-9-5-4-8-16(17)13-23/h4-5,8-9,12H,1,3,6-7,10-11,14H2,2H3,(H,24,28). The Kier molecular flexibility index (Phi) is 5.36. The molecular weight excluding hydrogens is 382 g/mol. The summed E-state index contributed by atoms with van der Waals surface area (Å²) in [6.45, 7) is 6.76. The molecule has 2 aliphatic rings. The number of carbonyl (C=O) groups excluding carboxylic acids is 1. The second-order valence-electron chi connectivity index (χ2n) is 7.17. The Bertz CT molecular complexity index is 1030. The SMILES string of the molecule is C=C1c2sc(C(=O)NC)cc2N=C(N2CCCCC2)N1Cc1ccccc1C#N. The predicted molar refractivity (Wildman–Crippen MR) is 116 cm³/mol. The fraction of sp³-hybridized carbons (Fsp3) is 0.318. The van der Waals surface area contributed by atoms with E-state index in [1.165, 1.54) is 17.8 Å². The van der Waals surface area contributed by atoms with Gasteiger partial charge in [-0.15, -0.1) is 11.3 Å². The van der Waals surface area contributed by atoms with Crippen LogP contribution in [0.25, 0.3) is 5.70 Å². The minimum atomic E-state index is -0.117. The Morgan fingerprint density at radius 2 is 2.07 bits per heavy atom. The molecule has 0 unspecified atom stereocenters. The van der Waals surface area contributed by atoms with E-state index in [0.717, 1.165) is 53.7 Å². The molecule has 0 radical (unpaired) electrons. The number of nitriles is 1. The van der Waals surface area contributed by atoms with Gasteiger partial charge in [-0.2, -0.15) is 5.26 Å². The summed E-state index contributed by atoms with van der Waals surface area (Å²) >= 11 is 1.41. The number of piperidine rings is 1. The van der Waals surface area contributed by atoms with E-state index in [0.29, 0.717) is 17.0 Å². The lowest BCUT2D eigenvalue weighted by atomic mass is 10.1. The number of amides is 1. The number of benzene rings is 1. The van der Waals surface area contributed by atoms with Gasteiger partial charge in [-0.3, -0.25) is 4.79 Å². The summed E-state index contributed by atoms with van der Waals surface area (Å²) in [5, 5.41) is 12.2. The van der Waals surface area contributed by atoms with E-state index in [1.807, 2.05) is 30.3 Å². The van der Waals surface area contributed by atoms with Crippen molar-refractivity contribution in [2.24, 2.45) is 4.99 Å². The highest BCUT2D eigenvalue weighted by Gasteiger charge is 2.31. The van der Waals surface area contributed by atoms with Crippen LogP contribution in [0.15, 0.2) is 41.9 Å². The second-order valence-corrected chi connectivity index (χ2v) is 8.22. The largest absolute Gasteiger partial charge is 0.354 e. The van der Waals surface area contributed by atoms with Gasteiger partial charge in [-0.1, -0.05) is 24.8 Å². The van der Waals surface area contributed by atoms with Gasteiger partial charge in [0.2, 0.25) is 5.96 Å². The lowest BCUT2D eigenvalue weighted by Crippen LogP contribution is -2.46. The molecule has 1 amide bonds. The van der Waals surface area contributed by atoms with E-state index >= 15 is 0 Å². The number of nitrogens with zero attached hydrogens (tertiary/aromatic N) is 4. The van der Waals surface area contributed by atoms with E-state index in [1.54, 1.807) is 7.05 Å². The highest BCUT2D eigenvalue weighted by molar-refractivity contribution is 7.15. The molecule has 1 N–H and O–H groups in total. The maximum absolute atomic E-state index is 12.1. The van der Waals surface area contributed by atoms with Crippen LogP contribution in [-0.4, -0.2) is 41.8 Å². The number of carbonyl (C=O) groups is 1. The molecule has 1 saturated heterocycles. The first-order chi connectivity index (χ1) is 14.1. The van der Waals surface area contributed by atoms with Crippen molar-refractivity contribution in [2.75, 3.05) is 20.1 Å². The van der Waals surface area contributed by atoms with Gasteiger partial charge in [0.1, 0.15) is 0 Å². The molecule has 2 aromatic rings. The molecule has 3 heterocycles. The van der Waals surface area contributed by atoms with Crippen molar-refractivity contribution < 1.29 is 4.79 Å². The van der Waals surface area contributed by atoms with E-state index in [2.05, 4.69) is 27.8 Å². The van der Waals surface area contributed by atoms with Crippen molar-refractivity contribution in [3.05, 3.63) is 57.8 Å². The van der Waals surface area contributed by atoms with Crippen molar-refractivity contribution in [1.29, 1.82) is 5.26 Å². The minimum absolute atomic E-state index is 0.117. The fourth-order valence-electron chi connectivity index (χ4n) is 3.76. The fourth-order valence-corrected chi connectivity index (χ4v) is 4.78. The highest BCUT2D eigenvalue weighted by Crippen LogP contribution is 2.41. The molecule has 0 spiro atoms. The summed E-state index contributed by atoms with van der Waals surface area (Å²) in [5.41, 5.74) is 3.21. The third kappa shape index (κ3) is 3.64. The van der Waals surface area contributed by atoms with E-state index < -0.39 is 0 Å². The number of thiophene rings is 1. The maximum atomic E-state index is 12.1. The lowest BCUT2D eigenvalue weighted by molar-refractivity contribution is 0.0967. The second kappa shape index (κ2) is 8.10. The number of hydrogen-bond acceptors (Lipinski definition) is 6. The normalized spacial score (nSPS) is 16.1. The van der Waals surface area contributed by atoms with Crippen LogP contribution in [0.4, 0.5) is 5.69 Å². The molecule has 2 aliphatic heterocycles. The van der Waals surface area contributed by atoms with Crippen molar-refractivity contribution in [3.8, 4) is 6.07 Å². The van der Waals surface area contributed by atoms with Crippen LogP contribution in [0, 0.1) is 11.3 Å². The average Bonchev–Trinajstić information content (AvgIpc) is 3.20. The summed E-state index contributed by atoms with van der Waals surface area (Å²) in [7, 11) is 1.63. The quantitative estimate of drug-likeness (QED) is 0.840. The van der Waals surface area contributed by atoms with Crippen LogP contribution in [0.5, 0.6) is 0 Å². The highest BCUT2D eigenvalue weighted by atomic mass is 32.1. The van der Waals surface area contributed by atoms with Crippen LogP contribution in [0.2, 0.25) is 0 Å². The third-order valence-corrected chi connectivity index (χ3v) is 6.49. The van der Waals surface area contributed by atoms with Gasteiger partial charge in [0.25, 0.3) is 5.91 Å². The number of guanidine groups is 1. The van der Waals surface area contributed by atoms with Gasteiger partial charge >= 0.3 is 0 Å². The molecular formula is C22H23N5OS. The Morgan fingerprint density at radius 3 is 2.79 bits per heavy atom. The third-order valence-electron chi connectivity index (χ3n) is 5.32. The molecule has 0 saturated carbocycles. The van der Waals surface area contributed by atoms with Crippen LogP contribution < -0.4 is 5.32 Å². The van der Waals surface area contributed by atoms with Crippen LogP contribution >= 0.6 is 11.3 Å². The van der Waals surface area contributed by atoms with Crippen LogP contribution in [-0.2, 0) is 6.54 Å². The van der Waals surface area contributed by atoms with Gasteiger partial charge in [0.15, 0.2) is 0 Å². The van der Waals surface area contributed by atoms with Crippen LogP contribution in [0.1, 0.15) is 44.9 Å². The van der Waals surface area contributed by atoms with Crippen molar-refractivity contribution in [1.82, 2.24) is 15.1 Å². The number of likely N-dealkylation sites (tertiary alicyclic amines) is 1. The molecule has 0 atom stereocenters. The number of aliphatic imine (C=N–C) groups is 1. The molecule has 148 valence electrons. The first-order valence-electron chi connectivity index (χ1n) is 9.76. The Labute approximate surface area is 174 Å². The lowest BCUT2D eigenvalue weighted by Gasteiger charge is -2.39. The van der Waals surface area contributed by atoms with Crippen molar-refractivity contribution >= 4 is 34.6 Å². The molecule has 6 nitrogen and oxygen atoms in total. The first kappa shape index (κ1) is 19.2. The molecule has 4 rings (SSSR count). The zero-order chi connectivity index (χ0) is 20.4. The number of fused-ring (bicyclic) bond motifs is 1. The van der Waals surface area contributed by atoms with Gasteiger partial charge in [-0.05, 0) is 37.0 Å². The average molecular weight is 406 g/mol. The zero-order valence-corrected chi connectivity index (χ0v) is 17.3. The number of rotatable bonds is 3. The van der Waals surface area contributed by atoms with E-state index in [4.69, 9.17) is 4.99 Å². The molecule has 1 aromatic heterocycles. The summed E-state index contributed by atoms with van der Waals surface area (Å²) < 4.78 is 0. The van der Waals surface area contributed by atoms with Gasteiger partial charge in [0, 0.05) is 20.1 Å². The Morgan fingerprint density at radius 1 is 1.31 bits per heavy atom. The number of hydrogen-bond donors (Lipinski definition) is 1. The molecule has 29 heavy (non-hydrogen) atoms. The molecule has 1 aromatic carbocycles. The number of nitrogens with one attached hydrogen (secondary N) is 1. The summed E-state index contributed by atoms with van der Waals surface area (Å²) in [6.07, 6.45) is 3.49. The van der Waals surface area contributed by atoms with E-state index in [9.17, 15) is 10.1 Å². The molecule has 0 bridgehead atoms. The van der Waals surface area contributed by atoms with Crippen molar-refractivity contribution in [3.63, 3.8) is 0 Å². The van der Waals surface area contributed by atoms with Gasteiger partial charge < -0.3 is 15.1 Å². The van der Waals surface area contributed by atoms with Crippen LogP contribution in [0.3, 0.4) is 0 Å². The monoisotopic (exact) mass is 405 g/mol. The maximum Gasteiger partial charge on any atom is 0.261 e. The molecule has 0 aliphatic carbocycles. The molecule has 7 heteroatoms. The van der Waals surface area contributed by atoms with E-state index in [-0.39, 0.29) is 5.91 Å². The Balaban J connectivity index is 1.76. The minimum Gasteiger partial charge on any atom is -0.354 e. The van der Waals surface area contributed by atoms with Gasteiger partial charge in [0.05, 0.1) is 39.3 Å². The summed E-state index contributed by atoms with van der Waals surface area (Å²) in [6, 6.07) is 11.7. The predicted octanol–water partition coefficient (Wildman–Crippen LogP) is 3.94. The van der Waals surface area contributed by atoms with Crippen molar-refractivity contribution in [2.45, 2.75) is 25.8 Å². The summed E-state index contributed by atoms with van der Waals surface area (Å²) in [5.74, 6) is 0.740. The smallest absolute Gasteiger partial charge is 0.261 e. The van der Waals surface area contributed by atoms with Gasteiger partial charge in [-0.25, -0.2) is 4.99 Å².